The van der Waals surface area contributed by atoms with Crippen LogP contribution in [0.4, 0.5) is 0 Å². The van der Waals surface area contributed by atoms with Gasteiger partial charge in [0.05, 0.1) is 27.7 Å². The number of nitrogens with zero attached hydrogens (tertiary/aromatic N) is 1. The van der Waals surface area contributed by atoms with Gasteiger partial charge in [0.2, 0.25) is 0 Å². The third-order valence-electron chi connectivity index (χ3n) is 12.3. The van der Waals surface area contributed by atoms with Crippen LogP contribution in [0.3, 0.4) is 0 Å². The maximum Gasteiger partial charge on any atom is 0.306 e. The van der Waals surface area contributed by atoms with Crippen LogP contribution in [0.2, 0.25) is 0 Å². The first-order chi connectivity index (χ1) is 34.0. The van der Waals surface area contributed by atoms with Crippen molar-refractivity contribution >= 4 is 19.8 Å². The van der Waals surface area contributed by atoms with Crippen molar-refractivity contribution in [3.63, 3.8) is 0 Å². The van der Waals surface area contributed by atoms with Crippen LogP contribution in [0.15, 0.2) is 72.9 Å². The summed E-state index contributed by atoms with van der Waals surface area (Å²) in [4.78, 5) is 37.8. The minimum absolute atomic E-state index is 0.0463. The van der Waals surface area contributed by atoms with Gasteiger partial charge in [0, 0.05) is 12.8 Å². The molecule has 0 heterocycles. The molecule has 0 amide bonds. The third kappa shape index (κ3) is 54.8. The molecule has 10 heteroatoms. The monoisotopic (exact) mass is 1000 g/mol. The van der Waals surface area contributed by atoms with Crippen LogP contribution in [-0.2, 0) is 32.7 Å². The Morgan fingerprint density at radius 3 is 1.19 bits per heavy atom. The summed E-state index contributed by atoms with van der Waals surface area (Å²) in [5, 5.41) is 0. The summed E-state index contributed by atoms with van der Waals surface area (Å²) < 4.78 is 34.0. The molecule has 70 heavy (non-hydrogen) atoms. The lowest BCUT2D eigenvalue weighted by Crippen LogP contribution is -2.37. The molecule has 406 valence electrons. The van der Waals surface area contributed by atoms with Crippen LogP contribution >= 0.6 is 7.82 Å². The molecule has 9 nitrogen and oxygen atoms in total. The van der Waals surface area contributed by atoms with Gasteiger partial charge < -0.3 is 27.9 Å². The maximum atomic E-state index is 12.7. The molecule has 0 saturated carbocycles. The van der Waals surface area contributed by atoms with Crippen LogP contribution in [0.1, 0.15) is 245 Å². The number of esters is 2. The molecule has 0 radical (unpaired) electrons. The highest BCUT2D eigenvalue weighted by atomic mass is 31.2. The predicted octanol–water partition coefficient (Wildman–Crippen LogP) is 17.1. The van der Waals surface area contributed by atoms with Gasteiger partial charge in [-0.25, -0.2) is 0 Å². The lowest BCUT2D eigenvalue weighted by atomic mass is 10.0. The van der Waals surface area contributed by atoms with E-state index in [1.165, 1.54) is 154 Å². The van der Waals surface area contributed by atoms with E-state index in [0.717, 1.165) is 57.8 Å². The van der Waals surface area contributed by atoms with Crippen molar-refractivity contribution in [2.75, 3.05) is 47.5 Å². The van der Waals surface area contributed by atoms with Gasteiger partial charge in [-0.1, -0.05) is 254 Å². The SMILES string of the molecule is CC/C=C\C/C=C\C/C=C\C/C=C\C/C=C\C/C=C\CCC(=O)OC(COC(=O)CCCCCCCCCCCCCCCCCCCCCCCCCCCCC)COP(=O)([O-])OCC[N+](C)(C)C. The molecule has 0 bridgehead atoms. The third-order valence-corrected chi connectivity index (χ3v) is 13.2. The van der Waals surface area contributed by atoms with Gasteiger partial charge in [-0.15, -0.1) is 0 Å². The fourth-order valence-electron chi connectivity index (χ4n) is 7.86. The molecule has 0 aliphatic heterocycles. The molecule has 0 aliphatic rings. The molecule has 2 unspecified atom stereocenters. The number of hydrogen-bond donors (Lipinski definition) is 0. The van der Waals surface area contributed by atoms with Crippen LogP contribution in [0, 0.1) is 0 Å². The van der Waals surface area contributed by atoms with Crippen molar-refractivity contribution in [2.24, 2.45) is 0 Å². The van der Waals surface area contributed by atoms with Gasteiger partial charge in [0.1, 0.15) is 19.8 Å². The molecule has 0 rings (SSSR count). The lowest BCUT2D eigenvalue weighted by Gasteiger charge is -2.28. The number of quaternary nitrogens is 1. The molecule has 0 aromatic heterocycles. The highest BCUT2D eigenvalue weighted by Crippen LogP contribution is 2.38. The standard InChI is InChI=1S/C60H108NO8P/c1-6-8-10-12-14-16-18-20-22-24-26-27-28-29-30-31-32-33-35-36-38-40-42-44-46-48-50-52-59(62)66-56-58(57-68-70(64,65)67-55-54-61(3,4)5)69-60(63)53-51-49-47-45-43-41-39-37-34-25-23-21-19-17-15-13-11-9-7-2/h9,11,15,17,21,23,34,37,41,43,47,49,58H,6-8,10,12-14,16,18-20,22,24-33,35-36,38-40,42,44-46,48,50-57H2,1-5H3/b11-9-,17-15-,23-21-,37-34-,43-41-,49-47-. The van der Waals surface area contributed by atoms with Crippen molar-refractivity contribution in [1.82, 2.24) is 0 Å². The quantitative estimate of drug-likeness (QED) is 0.0195. The molecule has 0 aromatic rings. The second-order valence-electron chi connectivity index (χ2n) is 20.3. The van der Waals surface area contributed by atoms with Gasteiger partial charge in [-0.2, -0.15) is 0 Å². The molecule has 0 saturated heterocycles. The van der Waals surface area contributed by atoms with Gasteiger partial charge in [0.25, 0.3) is 7.82 Å². The first-order valence-electron chi connectivity index (χ1n) is 28.6. The Bertz CT molecular complexity index is 1410. The molecule has 2 atom stereocenters. The number of hydrogen-bond acceptors (Lipinski definition) is 8. The van der Waals surface area contributed by atoms with Crippen LogP contribution in [-0.4, -0.2) is 70.0 Å². The Morgan fingerprint density at radius 2 is 0.814 bits per heavy atom. The van der Waals surface area contributed by atoms with Gasteiger partial charge >= 0.3 is 11.9 Å². The number of phosphoric acid groups is 1. The number of rotatable bonds is 52. The van der Waals surface area contributed by atoms with Crippen LogP contribution in [0.25, 0.3) is 0 Å². The number of unbranched alkanes of at least 4 members (excludes halogenated alkanes) is 26. The van der Waals surface area contributed by atoms with E-state index in [4.69, 9.17) is 18.5 Å². The van der Waals surface area contributed by atoms with E-state index >= 15 is 0 Å². The zero-order valence-electron chi connectivity index (χ0n) is 46.0. The van der Waals surface area contributed by atoms with Crippen molar-refractivity contribution in [2.45, 2.75) is 251 Å². The molecule has 0 aromatic carbocycles. The van der Waals surface area contributed by atoms with Crippen molar-refractivity contribution < 1.29 is 42.1 Å². The summed E-state index contributed by atoms with van der Waals surface area (Å²) in [5.41, 5.74) is 0. The van der Waals surface area contributed by atoms with Crippen molar-refractivity contribution in [3.05, 3.63) is 72.9 Å². The zero-order valence-corrected chi connectivity index (χ0v) is 46.8. The summed E-state index contributed by atoms with van der Waals surface area (Å²) in [6.45, 7) is 4.06. The lowest BCUT2D eigenvalue weighted by molar-refractivity contribution is -0.870. The number of ether oxygens (including phenoxy) is 2. The van der Waals surface area contributed by atoms with E-state index in [-0.39, 0.29) is 26.1 Å². The highest BCUT2D eigenvalue weighted by Gasteiger charge is 2.21. The number of phosphoric ester groups is 1. The molecule has 0 aliphatic carbocycles. The van der Waals surface area contributed by atoms with Crippen LogP contribution < -0.4 is 4.89 Å². The Morgan fingerprint density at radius 1 is 0.457 bits per heavy atom. The Hall–Kier alpha value is -2.55. The Kier molecular flexibility index (Phi) is 49.5. The first kappa shape index (κ1) is 67.5. The van der Waals surface area contributed by atoms with Crippen molar-refractivity contribution in [3.8, 4) is 0 Å². The van der Waals surface area contributed by atoms with E-state index < -0.39 is 32.5 Å². The Balaban J connectivity index is 4.20. The second kappa shape index (κ2) is 51.4. The van der Waals surface area contributed by atoms with E-state index in [9.17, 15) is 19.0 Å². The molecule has 0 N–H and O–H groups in total. The van der Waals surface area contributed by atoms with E-state index in [0.29, 0.717) is 17.4 Å². The number of carbonyl (C=O) groups excluding carboxylic acids is 2. The molecular weight excluding hydrogens is 894 g/mol. The van der Waals surface area contributed by atoms with Crippen molar-refractivity contribution in [1.29, 1.82) is 0 Å². The van der Waals surface area contributed by atoms with E-state index in [2.05, 4.69) is 74.6 Å². The van der Waals surface area contributed by atoms with E-state index in [1.54, 1.807) is 0 Å². The molecule has 0 fully saturated rings. The fraction of sp³-hybridized carbons (Fsp3) is 0.767. The smallest absolute Gasteiger partial charge is 0.306 e. The van der Waals surface area contributed by atoms with Gasteiger partial charge in [0.15, 0.2) is 6.10 Å². The largest absolute Gasteiger partial charge is 0.756 e. The molecular formula is C60H108NO8P. The number of likely N-dealkylation sites (N-methyl/N-ethyl adjacent to an activating group) is 1. The summed E-state index contributed by atoms with van der Waals surface area (Å²) in [6.07, 6.45) is 66.9. The predicted molar refractivity (Wildman–Crippen MR) is 296 cm³/mol. The topological polar surface area (TPSA) is 111 Å². The Labute approximate surface area is 431 Å². The maximum absolute atomic E-state index is 12.7. The highest BCUT2D eigenvalue weighted by molar-refractivity contribution is 7.45. The second-order valence-corrected chi connectivity index (χ2v) is 21.7. The van der Waals surface area contributed by atoms with E-state index in [1.807, 2.05) is 33.3 Å². The zero-order chi connectivity index (χ0) is 51.3. The van der Waals surface area contributed by atoms with Gasteiger partial charge in [-0.05, 0) is 51.4 Å². The molecule has 0 spiro atoms. The number of allylic oxidation sites excluding steroid dienone is 12. The summed E-state index contributed by atoms with van der Waals surface area (Å²) in [6, 6.07) is 0. The average Bonchev–Trinajstić information content (AvgIpc) is 3.32. The normalized spacial score (nSPS) is 13.9. The summed E-state index contributed by atoms with van der Waals surface area (Å²) in [7, 11) is 1.12. The number of carbonyl (C=O) groups is 2. The van der Waals surface area contributed by atoms with Crippen LogP contribution in [0.5, 0.6) is 0 Å². The summed E-state index contributed by atoms with van der Waals surface area (Å²) >= 11 is 0. The minimum Gasteiger partial charge on any atom is -0.756 e. The average molecular weight is 1000 g/mol. The summed E-state index contributed by atoms with van der Waals surface area (Å²) in [5.74, 6) is -0.926. The fourth-order valence-corrected chi connectivity index (χ4v) is 8.59. The first-order valence-corrected chi connectivity index (χ1v) is 30.1. The minimum atomic E-state index is -4.66. The van der Waals surface area contributed by atoms with Gasteiger partial charge in [-0.3, -0.25) is 14.2 Å².